The highest BCUT2D eigenvalue weighted by Gasteiger charge is 2.29. The first-order valence-corrected chi connectivity index (χ1v) is 6.49. The van der Waals surface area contributed by atoms with Gasteiger partial charge in [0, 0.05) is 11.6 Å². The van der Waals surface area contributed by atoms with Crippen LogP contribution < -0.4 is 5.73 Å². The minimum absolute atomic E-state index is 0.178. The molecule has 0 aliphatic carbocycles. The Morgan fingerprint density at radius 1 is 1.38 bits per heavy atom. The van der Waals surface area contributed by atoms with Gasteiger partial charge in [-0.05, 0) is 18.2 Å². The van der Waals surface area contributed by atoms with E-state index in [1.54, 1.807) is 0 Å². The van der Waals surface area contributed by atoms with E-state index < -0.39 is 27.1 Å². The lowest BCUT2D eigenvalue weighted by molar-refractivity contribution is -0.421. The Kier molecular flexibility index (Phi) is 4.34. The third-order valence-corrected chi connectivity index (χ3v) is 3.74. The molecule has 112 valence electrons. The summed E-state index contributed by atoms with van der Waals surface area (Å²) in [7, 11) is 0. The zero-order valence-corrected chi connectivity index (χ0v) is 11.9. The Balaban J connectivity index is 2.41. The number of allylic oxidation sites excluding steroid dienone is 1. The number of halogens is 4. The fourth-order valence-corrected chi connectivity index (χ4v) is 2.31. The first-order valence-electron chi connectivity index (χ1n) is 5.68. The van der Waals surface area contributed by atoms with Gasteiger partial charge in [-0.3, -0.25) is 10.1 Å². The predicted molar refractivity (Wildman–Crippen MR) is 73.9 cm³/mol. The van der Waals surface area contributed by atoms with E-state index in [0.717, 1.165) is 23.1 Å². The molecule has 5 nitrogen and oxygen atoms in total. The lowest BCUT2D eigenvalue weighted by Crippen LogP contribution is -2.37. The monoisotopic (exact) mass is 335 g/mol. The molecule has 0 bridgehead atoms. The highest BCUT2D eigenvalue weighted by molar-refractivity contribution is 6.31. The van der Waals surface area contributed by atoms with Gasteiger partial charge >= 0.3 is 5.70 Å². The van der Waals surface area contributed by atoms with Crippen LogP contribution in [0.15, 0.2) is 35.8 Å². The number of hydrogen-bond donors (Lipinski definition) is 1. The Bertz CT molecular complexity index is 664. The second-order valence-corrected chi connectivity index (χ2v) is 5.03. The summed E-state index contributed by atoms with van der Waals surface area (Å²) in [6, 6.07) is 1.80. The van der Waals surface area contributed by atoms with Gasteiger partial charge in [0.25, 0.3) is 0 Å². The van der Waals surface area contributed by atoms with Crippen LogP contribution in [0.2, 0.25) is 5.02 Å². The standard InChI is InChI=1S/C12H9Cl2F2N3O2/c13-10-4-3-9(19(20)21)12(17)18(10)5-6-7(15)1-2-8(16)11(6)14/h1-4,10H,5,17H2. The molecule has 0 amide bonds. The highest BCUT2D eigenvalue weighted by atomic mass is 35.5. The van der Waals surface area contributed by atoms with Crippen LogP contribution >= 0.6 is 23.2 Å². The molecule has 1 atom stereocenters. The minimum atomic E-state index is -0.840. The van der Waals surface area contributed by atoms with Crippen molar-refractivity contribution in [3.8, 4) is 0 Å². The van der Waals surface area contributed by atoms with Gasteiger partial charge in [0.1, 0.15) is 17.1 Å². The van der Waals surface area contributed by atoms with Crippen molar-refractivity contribution in [2.75, 3.05) is 0 Å². The molecule has 2 N–H and O–H groups in total. The van der Waals surface area contributed by atoms with Gasteiger partial charge in [0.05, 0.1) is 16.5 Å². The van der Waals surface area contributed by atoms with Crippen molar-refractivity contribution in [3.05, 3.63) is 68.1 Å². The molecule has 1 heterocycles. The van der Waals surface area contributed by atoms with Gasteiger partial charge in [0.2, 0.25) is 0 Å². The van der Waals surface area contributed by atoms with Gasteiger partial charge in [-0.25, -0.2) is 8.78 Å². The van der Waals surface area contributed by atoms with Crippen molar-refractivity contribution in [2.24, 2.45) is 5.73 Å². The van der Waals surface area contributed by atoms with E-state index in [-0.39, 0.29) is 23.6 Å². The average molecular weight is 336 g/mol. The summed E-state index contributed by atoms with van der Waals surface area (Å²) in [5.74, 6) is -1.80. The molecule has 1 aromatic rings. The number of alkyl halides is 1. The second-order valence-electron chi connectivity index (χ2n) is 4.21. The lowest BCUT2D eigenvalue weighted by Gasteiger charge is -2.29. The largest absolute Gasteiger partial charge is 0.380 e. The maximum Gasteiger partial charge on any atom is 0.308 e. The lowest BCUT2D eigenvalue weighted by atomic mass is 10.1. The fraction of sp³-hybridized carbons (Fsp3) is 0.167. The van der Waals surface area contributed by atoms with E-state index in [1.165, 1.54) is 6.08 Å². The van der Waals surface area contributed by atoms with Crippen LogP contribution in [0.25, 0.3) is 0 Å². The quantitative estimate of drug-likeness (QED) is 0.303. The number of hydrogen-bond acceptors (Lipinski definition) is 4. The average Bonchev–Trinajstić information content (AvgIpc) is 2.42. The number of nitrogens with two attached hydrogens (primary N) is 1. The van der Waals surface area contributed by atoms with E-state index in [0.29, 0.717) is 0 Å². The SMILES string of the molecule is NC1=C([N+](=O)[O-])C=CC(Cl)N1Cc1c(F)ccc(F)c1Cl. The van der Waals surface area contributed by atoms with E-state index in [9.17, 15) is 18.9 Å². The van der Waals surface area contributed by atoms with Crippen LogP contribution in [0.3, 0.4) is 0 Å². The van der Waals surface area contributed by atoms with Crippen molar-refractivity contribution in [3.63, 3.8) is 0 Å². The van der Waals surface area contributed by atoms with Crippen molar-refractivity contribution in [2.45, 2.75) is 12.0 Å². The summed E-state index contributed by atoms with van der Waals surface area (Å²) >= 11 is 11.7. The molecule has 2 rings (SSSR count). The van der Waals surface area contributed by atoms with Crippen molar-refractivity contribution >= 4 is 23.2 Å². The van der Waals surface area contributed by atoms with E-state index >= 15 is 0 Å². The van der Waals surface area contributed by atoms with E-state index in [4.69, 9.17) is 28.9 Å². The molecule has 1 aliphatic heterocycles. The zero-order chi connectivity index (χ0) is 15.7. The molecule has 1 aromatic carbocycles. The molecule has 0 aromatic heterocycles. The Labute approximate surface area is 128 Å². The fourth-order valence-electron chi connectivity index (χ4n) is 1.85. The maximum atomic E-state index is 13.8. The molecular weight excluding hydrogens is 327 g/mol. The molecule has 9 heteroatoms. The molecule has 1 unspecified atom stereocenters. The first-order chi connectivity index (χ1) is 9.82. The third kappa shape index (κ3) is 2.93. The molecule has 0 fully saturated rings. The zero-order valence-electron chi connectivity index (χ0n) is 10.4. The normalized spacial score (nSPS) is 18.3. The van der Waals surface area contributed by atoms with Crippen molar-refractivity contribution in [1.82, 2.24) is 4.90 Å². The third-order valence-electron chi connectivity index (χ3n) is 2.95. The van der Waals surface area contributed by atoms with Crippen LogP contribution in [0.4, 0.5) is 8.78 Å². The first kappa shape index (κ1) is 15.5. The van der Waals surface area contributed by atoms with E-state index in [1.807, 2.05) is 0 Å². The molecule has 1 aliphatic rings. The number of rotatable bonds is 3. The van der Waals surface area contributed by atoms with Gasteiger partial charge in [-0.15, -0.1) is 0 Å². The Hall–Kier alpha value is -1.86. The van der Waals surface area contributed by atoms with Crippen molar-refractivity contribution < 1.29 is 13.7 Å². The summed E-state index contributed by atoms with van der Waals surface area (Å²) in [5.41, 5.74) is 4.28. The molecule has 0 saturated carbocycles. The summed E-state index contributed by atoms with van der Waals surface area (Å²) in [6.45, 7) is -0.301. The van der Waals surface area contributed by atoms with Crippen molar-refractivity contribution in [1.29, 1.82) is 0 Å². The van der Waals surface area contributed by atoms with Crippen LogP contribution in [-0.2, 0) is 6.54 Å². The molecular formula is C12H9Cl2F2N3O2. The minimum Gasteiger partial charge on any atom is -0.380 e. The van der Waals surface area contributed by atoms with Crippen LogP contribution in [0, 0.1) is 21.7 Å². The van der Waals surface area contributed by atoms with E-state index in [2.05, 4.69) is 0 Å². The molecule has 0 saturated heterocycles. The second kappa shape index (κ2) is 5.87. The van der Waals surface area contributed by atoms with Gasteiger partial charge in [0.15, 0.2) is 5.82 Å². The number of benzene rings is 1. The highest BCUT2D eigenvalue weighted by Crippen LogP contribution is 2.29. The number of nitrogens with zero attached hydrogens (tertiary/aromatic N) is 2. The summed E-state index contributed by atoms with van der Waals surface area (Å²) in [6.07, 6.45) is 2.48. The van der Waals surface area contributed by atoms with Crippen LogP contribution in [0.5, 0.6) is 0 Å². The topological polar surface area (TPSA) is 72.4 Å². The number of nitro groups is 1. The Morgan fingerprint density at radius 2 is 2.00 bits per heavy atom. The Morgan fingerprint density at radius 3 is 2.62 bits per heavy atom. The molecule has 21 heavy (non-hydrogen) atoms. The molecule has 0 radical (unpaired) electrons. The van der Waals surface area contributed by atoms with Gasteiger partial charge < -0.3 is 10.6 Å². The van der Waals surface area contributed by atoms with Crippen LogP contribution in [0.1, 0.15) is 5.56 Å². The predicted octanol–water partition coefficient (Wildman–Crippen LogP) is 2.96. The van der Waals surface area contributed by atoms with Gasteiger partial charge in [-0.1, -0.05) is 23.2 Å². The van der Waals surface area contributed by atoms with Gasteiger partial charge in [-0.2, -0.15) is 0 Å². The smallest absolute Gasteiger partial charge is 0.308 e. The summed E-state index contributed by atoms with van der Waals surface area (Å²) < 4.78 is 27.2. The summed E-state index contributed by atoms with van der Waals surface area (Å²) in [4.78, 5) is 11.3. The maximum absolute atomic E-state index is 13.8. The summed E-state index contributed by atoms with van der Waals surface area (Å²) in [5, 5.41) is 10.4. The molecule has 0 spiro atoms. The van der Waals surface area contributed by atoms with Crippen LogP contribution in [-0.4, -0.2) is 15.3 Å².